The minimum atomic E-state index is 0.677. The van der Waals surface area contributed by atoms with Crippen LogP contribution in [0.15, 0.2) is 16.4 Å². The first-order valence-electron chi connectivity index (χ1n) is 4.52. The van der Waals surface area contributed by atoms with Gasteiger partial charge in [-0.2, -0.15) is 0 Å². The first-order valence-corrected chi connectivity index (χ1v) is 5.42. The molecular formula is C9H20N2S2. The number of imidazole rings is 1. The molecule has 0 aliphatic carbocycles. The molecule has 1 rings (SSSR count). The van der Waals surface area contributed by atoms with Gasteiger partial charge in [0.15, 0.2) is 0 Å². The molecule has 0 fully saturated rings. The van der Waals surface area contributed by atoms with Crippen molar-refractivity contribution >= 4 is 25.3 Å². The summed E-state index contributed by atoms with van der Waals surface area (Å²) in [6.07, 6.45) is 2.92. The maximum absolute atomic E-state index is 4.09. The lowest BCUT2D eigenvalue weighted by Gasteiger charge is -1.89. The van der Waals surface area contributed by atoms with Gasteiger partial charge in [0.2, 0.25) is 0 Å². The molecule has 0 atom stereocenters. The molecule has 2 nitrogen and oxygen atoms in total. The first kappa shape index (κ1) is 15.4. The maximum Gasteiger partial charge on any atom is 0.125 e. The highest BCUT2D eigenvalue weighted by Gasteiger charge is 1.96. The van der Waals surface area contributed by atoms with Crippen LogP contribution < -0.4 is 0 Å². The average molecular weight is 220 g/mol. The van der Waals surface area contributed by atoms with Crippen LogP contribution in [0.2, 0.25) is 0 Å². The van der Waals surface area contributed by atoms with Crippen molar-refractivity contribution in [1.82, 2.24) is 9.55 Å². The Morgan fingerprint density at radius 2 is 1.69 bits per heavy atom. The van der Waals surface area contributed by atoms with Gasteiger partial charge in [0.05, 0.1) is 6.33 Å². The number of aryl methyl sites for hydroxylation is 1. The molecule has 0 bridgehead atoms. The predicted molar refractivity (Wildman–Crippen MR) is 65.0 cm³/mol. The Hall–Kier alpha value is -0.0900. The summed E-state index contributed by atoms with van der Waals surface area (Å²) in [5.74, 6) is 0. The Morgan fingerprint density at radius 1 is 1.31 bits per heavy atom. The van der Waals surface area contributed by atoms with Gasteiger partial charge in [0, 0.05) is 7.05 Å². The van der Waals surface area contributed by atoms with E-state index in [1.165, 1.54) is 6.42 Å². The molecule has 0 saturated carbocycles. The van der Waals surface area contributed by atoms with E-state index in [9.17, 15) is 0 Å². The average Bonchev–Trinajstić information content (AvgIpc) is 2.42. The van der Waals surface area contributed by atoms with Crippen molar-refractivity contribution in [3.05, 3.63) is 6.33 Å². The van der Waals surface area contributed by atoms with E-state index in [1.807, 2.05) is 20.9 Å². The maximum atomic E-state index is 4.09. The van der Waals surface area contributed by atoms with Gasteiger partial charge in [-0.05, 0) is 0 Å². The zero-order valence-electron chi connectivity index (χ0n) is 9.07. The monoisotopic (exact) mass is 220 g/mol. The molecule has 13 heavy (non-hydrogen) atoms. The Morgan fingerprint density at radius 3 is 1.77 bits per heavy atom. The molecule has 0 radical (unpaired) electrons. The molecular weight excluding hydrogens is 200 g/mol. The van der Waals surface area contributed by atoms with Crippen molar-refractivity contribution in [2.24, 2.45) is 7.05 Å². The molecule has 0 aromatic carbocycles. The summed E-state index contributed by atoms with van der Waals surface area (Å²) in [6.45, 7) is 8.25. The van der Waals surface area contributed by atoms with Crippen LogP contribution in [0, 0.1) is 0 Å². The molecule has 1 heterocycles. The lowest BCUT2D eigenvalue weighted by molar-refractivity contribution is 0.812. The third kappa shape index (κ3) is 7.02. The summed E-state index contributed by atoms with van der Waals surface area (Å²) < 4.78 is 1.80. The van der Waals surface area contributed by atoms with Gasteiger partial charge in [-0.25, -0.2) is 4.98 Å². The zero-order valence-corrected chi connectivity index (χ0v) is 10.9. The molecule has 78 valence electrons. The van der Waals surface area contributed by atoms with Gasteiger partial charge >= 0.3 is 0 Å². The summed E-state index contributed by atoms with van der Waals surface area (Å²) in [4.78, 5) is 3.87. The lowest BCUT2D eigenvalue weighted by Crippen LogP contribution is -1.82. The van der Waals surface area contributed by atoms with E-state index in [4.69, 9.17) is 0 Å². The van der Waals surface area contributed by atoms with Gasteiger partial charge in [-0.15, -0.1) is 25.3 Å². The summed E-state index contributed by atoms with van der Waals surface area (Å²) in [7, 11) is 1.87. The fourth-order valence-electron chi connectivity index (χ4n) is 0.411. The highest BCUT2D eigenvalue weighted by Crippen LogP contribution is 2.13. The third-order valence-electron chi connectivity index (χ3n) is 0.887. The molecule has 0 unspecified atom stereocenters. The number of hydrogen-bond donors (Lipinski definition) is 2. The number of nitrogens with zero attached hydrogens (tertiary/aromatic N) is 2. The summed E-state index contributed by atoms with van der Waals surface area (Å²) in [6, 6.07) is 0. The number of aromatic nitrogens is 2. The molecule has 0 aliphatic rings. The van der Waals surface area contributed by atoms with Crippen LogP contribution in [0.1, 0.15) is 34.1 Å². The number of hydrogen-bond acceptors (Lipinski definition) is 3. The minimum absolute atomic E-state index is 0.677. The highest BCUT2D eigenvalue weighted by atomic mass is 32.1. The fourth-order valence-corrected chi connectivity index (χ4v) is 0.730. The van der Waals surface area contributed by atoms with Crippen LogP contribution in [0.3, 0.4) is 0 Å². The second-order valence-electron chi connectivity index (χ2n) is 2.21. The second kappa shape index (κ2) is 9.99. The van der Waals surface area contributed by atoms with Crippen LogP contribution in [0.5, 0.6) is 0 Å². The van der Waals surface area contributed by atoms with E-state index in [0.29, 0.717) is 5.03 Å². The van der Waals surface area contributed by atoms with E-state index in [2.05, 4.69) is 44.1 Å². The van der Waals surface area contributed by atoms with E-state index >= 15 is 0 Å². The molecule has 0 N–H and O–H groups in total. The lowest BCUT2D eigenvalue weighted by atomic mass is 10.6. The second-order valence-corrected chi connectivity index (χ2v) is 3.06. The van der Waals surface area contributed by atoms with Crippen molar-refractivity contribution in [3.63, 3.8) is 0 Å². The van der Waals surface area contributed by atoms with E-state index in [0.717, 1.165) is 5.03 Å². The number of thiol groups is 2. The zero-order chi connectivity index (χ0) is 10.9. The summed E-state index contributed by atoms with van der Waals surface area (Å²) in [5.41, 5.74) is 0. The van der Waals surface area contributed by atoms with Gasteiger partial charge in [-0.3, -0.25) is 0 Å². The van der Waals surface area contributed by atoms with Gasteiger partial charge in [0.1, 0.15) is 10.1 Å². The van der Waals surface area contributed by atoms with Crippen molar-refractivity contribution in [3.8, 4) is 0 Å². The first-order chi connectivity index (χ1) is 6.13. The molecule has 1 aromatic heterocycles. The standard InChI is InChI=1S/C4H6N2S2.C3H8.C2H6/c1-6-2-5-3(7)4(6)8;1-3-2;1-2/h2,7-8H,1H3;3H2,1-2H3;1-2H3. The van der Waals surface area contributed by atoms with Crippen LogP contribution in [-0.4, -0.2) is 9.55 Å². The summed E-state index contributed by atoms with van der Waals surface area (Å²) >= 11 is 8.10. The Balaban J connectivity index is 0. The van der Waals surface area contributed by atoms with Crippen molar-refractivity contribution in [1.29, 1.82) is 0 Å². The van der Waals surface area contributed by atoms with Crippen LogP contribution in [-0.2, 0) is 7.05 Å². The largest absolute Gasteiger partial charge is 0.328 e. The van der Waals surface area contributed by atoms with Gasteiger partial charge in [0.25, 0.3) is 0 Å². The molecule has 0 saturated heterocycles. The SMILES string of the molecule is CC.CCC.Cn1cnc(S)c1S. The van der Waals surface area contributed by atoms with E-state index in [1.54, 1.807) is 10.9 Å². The predicted octanol–water partition coefficient (Wildman–Crippen LogP) is 3.44. The molecule has 0 spiro atoms. The van der Waals surface area contributed by atoms with E-state index < -0.39 is 0 Å². The third-order valence-corrected chi connectivity index (χ3v) is 1.92. The molecule has 4 heteroatoms. The Labute approximate surface area is 92.6 Å². The van der Waals surface area contributed by atoms with Crippen molar-refractivity contribution in [2.75, 3.05) is 0 Å². The highest BCUT2D eigenvalue weighted by molar-refractivity contribution is 7.83. The number of rotatable bonds is 0. The van der Waals surface area contributed by atoms with Crippen molar-refractivity contribution < 1.29 is 0 Å². The summed E-state index contributed by atoms with van der Waals surface area (Å²) in [5, 5.41) is 1.48. The Bertz CT molecular complexity index is 190. The van der Waals surface area contributed by atoms with Crippen LogP contribution in [0.25, 0.3) is 0 Å². The topological polar surface area (TPSA) is 17.8 Å². The normalized spacial score (nSPS) is 7.92. The van der Waals surface area contributed by atoms with Crippen LogP contribution >= 0.6 is 25.3 Å². The van der Waals surface area contributed by atoms with Gasteiger partial charge < -0.3 is 4.57 Å². The minimum Gasteiger partial charge on any atom is -0.328 e. The Kier molecular flexibility index (Phi) is 11.8. The quantitative estimate of drug-likeness (QED) is 0.641. The molecule has 1 aromatic rings. The van der Waals surface area contributed by atoms with Crippen molar-refractivity contribution in [2.45, 2.75) is 44.2 Å². The fraction of sp³-hybridized carbons (Fsp3) is 0.667. The molecule has 0 amide bonds. The smallest absolute Gasteiger partial charge is 0.125 e. The van der Waals surface area contributed by atoms with Gasteiger partial charge in [-0.1, -0.05) is 34.1 Å². The van der Waals surface area contributed by atoms with E-state index in [-0.39, 0.29) is 0 Å². The molecule has 0 aliphatic heterocycles. The van der Waals surface area contributed by atoms with Crippen LogP contribution in [0.4, 0.5) is 0 Å².